The zero-order valence-electron chi connectivity index (χ0n) is 12.9. The van der Waals surface area contributed by atoms with Crippen LogP contribution in [0, 0.1) is 0 Å². The van der Waals surface area contributed by atoms with E-state index in [2.05, 4.69) is 4.90 Å². The van der Waals surface area contributed by atoms with Crippen LogP contribution in [0.4, 0.5) is 0 Å². The summed E-state index contributed by atoms with van der Waals surface area (Å²) >= 11 is 0. The molecule has 0 saturated carbocycles. The van der Waals surface area contributed by atoms with E-state index in [9.17, 15) is 5.11 Å². The third-order valence-corrected chi connectivity index (χ3v) is 3.23. The topological polar surface area (TPSA) is 55.1 Å². The number of rotatable bonds is 10. The second-order valence-electron chi connectivity index (χ2n) is 5.09. The average Bonchev–Trinajstić information content (AvgIpc) is 3.04. The molecular weight excluding hydrogens is 282 g/mol. The van der Waals surface area contributed by atoms with Crippen LogP contribution in [-0.2, 0) is 11.3 Å². The Balaban J connectivity index is 1.80. The molecule has 0 bridgehead atoms. The number of aliphatic hydroxyl groups excluding tert-OH is 1. The van der Waals surface area contributed by atoms with E-state index < -0.39 is 6.10 Å². The molecule has 1 unspecified atom stereocenters. The molecule has 120 valence electrons. The van der Waals surface area contributed by atoms with E-state index in [0.717, 1.165) is 18.1 Å². The van der Waals surface area contributed by atoms with Gasteiger partial charge < -0.3 is 19.0 Å². The summed E-state index contributed by atoms with van der Waals surface area (Å²) in [7, 11) is 1.67. The Morgan fingerprint density at radius 1 is 1.18 bits per heavy atom. The van der Waals surface area contributed by atoms with Gasteiger partial charge in [-0.25, -0.2) is 0 Å². The van der Waals surface area contributed by atoms with Crippen LogP contribution in [0.3, 0.4) is 0 Å². The molecule has 0 amide bonds. The SMILES string of the molecule is COCCN(Cc1ccco1)CC(O)COc1ccccc1. The standard InChI is InChI=1S/C17H23NO4/c1-20-11-9-18(13-17-8-5-10-21-17)12-15(19)14-22-16-6-3-2-4-7-16/h2-8,10,15,19H,9,11-14H2,1H3. The number of nitrogens with zero attached hydrogens (tertiary/aromatic N) is 1. The second-order valence-corrected chi connectivity index (χ2v) is 5.09. The molecule has 2 rings (SSSR count). The highest BCUT2D eigenvalue weighted by atomic mass is 16.5. The van der Waals surface area contributed by atoms with Gasteiger partial charge in [-0.15, -0.1) is 0 Å². The molecule has 5 heteroatoms. The van der Waals surface area contributed by atoms with Crippen molar-refractivity contribution in [2.45, 2.75) is 12.6 Å². The predicted octanol–water partition coefficient (Wildman–Crippen LogP) is 2.17. The molecule has 5 nitrogen and oxygen atoms in total. The molecule has 0 fully saturated rings. The molecule has 22 heavy (non-hydrogen) atoms. The lowest BCUT2D eigenvalue weighted by Gasteiger charge is -2.24. The van der Waals surface area contributed by atoms with Crippen LogP contribution in [-0.4, -0.2) is 49.5 Å². The first kappa shape index (κ1) is 16.5. The van der Waals surface area contributed by atoms with Crippen molar-refractivity contribution in [3.63, 3.8) is 0 Å². The summed E-state index contributed by atoms with van der Waals surface area (Å²) in [4.78, 5) is 2.08. The summed E-state index contributed by atoms with van der Waals surface area (Å²) < 4.78 is 16.1. The number of hydrogen-bond acceptors (Lipinski definition) is 5. The van der Waals surface area contributed by atoms with Gasteiger partial charge in [0.1, 0.15) is 24.2 Å². The maximum absolute atomic E-state index is 10.2. The lowest BCUT2D eigenvalue weighted by molar-refractivity contribution is 0.0517. The van der Waals surface area contributed by atoms with Crippen LogP contribution in [0.5, 0.6) is 5.75 Å². The number of aliphatic hydroxyl groups is 1. The van der Waals surface area contributed by atoms with Gasteiger partial charge in [0, 0.05) is 20.2 Å². The lowest BCUT2D eigenvalue weighted by Crippen LogP contribution is -2.37. The van der Waals surface area contributed by atoms with Gasteiger partial charge in [-0.3, -0.25) is 4.90 Å². The van der Waals surface area contributed by atoms with Crippen molar-refractivity contribution in [1.82, 2.24) is 4.90 Å². The van der Waals surface area contributed by atoms with Gasteiger partial charge in [0.2, 0.25) is 0 Å². The first-order chi connectivity index (χ1) is 10.8. The molecule has 1 heterocycles. The monoisotopic (exact) mass is 305 g/mol. The van der Waals surface area contributed by atoms with E-state index in [-0.39, 0.29) is 6.61 Å². The molecular formula is C17H23NO4. The molecule has 0 aliphatic carbocycles. The smallest absolute Gasteiger partial charge is 0.119 e. The zero-order chi connectivity index (χ0) is 15.6. The fourth-order valence-electron chi connectivity index (χ4n) is 2.14. The number of furan rings is 1. The van der Waals surface area contributed by atoms with Crippen molar-refractivity contribution >= 4 is 0 Å². The summed E-state index contributed by atoms with van der Waals surface area (Å²) in [5.74, 6) is 1.63. The van der Waals surface area contributed by atoms with E-state index in [1.165, 1.54) is 0 Å². The summed E-state index contributed by atoms with van der Waals surface area (Å²) in [5, 5.41) is 10.2. The third-order valence-electron chi connectivity index (χ3n) is 3.23. The number of ether oxygens (including phenoxy) is 2. The van der Waals surface area contributed by atoms with Crippen molar-refractivity contribution < 1.29 is 19.0 Å². The van der Waals surface area contributed by atoms with Crippen molar-refractivity contribution in [1.29, 1.82) is 0 Å². The van der Waals surface area contributed by atoms with Gasteiger partial charge in [-0.1, -0.05) is 18.2 Å². The highest BCUT2D eigenvalue weighted by Crippen LogP contribution is 2.10. The van der Waals surface area contributed by atoms with E-state index in [0.29, 0.717) is 19.7 Å². The molecule has 0 spiro atoms. The quantitative estimate of drug-likeness (QED) is 0.729. The molecule has 0 aliphatic heterocycles. The van der Waals surface area contributed by atoms with Crippen LogP contribution < -0.4 is 4.74 Å². The number of benzene rings is 1. The number of hydrogen-bond donors (Lipinski definition) is 1. The highest BCUT2D eigenvalue weighted by molar-refractivity contribution is 5.20. The van der Waals surface area contributed by atoms with Crippen LogP contribution in [0.25, 0.3) is 0 Å². The Kier molecular flexibility index (Phi) is 6.96. The summed E-state index contributed by atoms with van der Waals surface area (Å²) in [6.07, 6.45) is 1.07. The largest absolute Gasteiger partial charge is 0.491 e. The Bertz CT molecular complexity index is 501. The van der Waals surface area contributed by atoms with Crippen LogP contribution in [0.2, 0.25) is 0 Å². The Labute approximate surface area is 131 Å². The predicted molar refractivity (Wildman–Crippen MR) is 83.8 cm³/mol. The third kappa shape index (κ3) is 5.89. The molecule has 1 aromatic carbocycles. The van der Waals surface area contributed by atoms with Crippen LogP contribution >= 0.6 is 0 Å². The van der Waals surface area contributed by atoms with Gasteiger partial charge in [-0.2, -0.15) is 0 Å². The van der Waals surface area contributed by atoms with E-state index in [4.69, 9.17) is 13.9 Å². The van der Waals surface area contributed by atoms with Crippen molar-refractivity contribution in [3.05, 3.63) is 54.5 Å². The number of methoxy groups -OCH3 is 1. The Hall–Kier alpha value is -1.82. The maximum Gasteiger partial charge on any atom is 0.119 e. The summed E-state index contributed by atoms with van der Waals surface area (Å²) in [6, 6.07) is 13.3. The minimum atomic E-state index is -0.577. The minimum absolute atomic E-state index is 0.256. The zero-order valence-corrected chi connectivity index (χ0v) is 12.9. The minimum Gasteiger partial charge on any atom is -0.491 e. The summed E-state index contributed by atoms with van der Waals surface area (Å²) in [5.41, 5.74) is 0. The van der Waals surface area contributed by atoms with Crippen molar-refractivity contribution in [3.8, 4) is 5.75 Å². The highest BCUT2D eigenvalue weighted by Gasteiger charge is 2.14. The van der Waals surface area contributed by atoms with Gasteiger partial charge in [-0.05, 0) is 24.3 Å². The molecule has 1 atom stereocenters. The summed E-state index contributed by atoms with van der Waals surface area (Å²) in [6.45, 7) is 2.72. The van der Waals surface area contributed by atoms with E-state index in [1.54, 1.807) is 13.4 Å². The van der Waals surface area contributed by atoms with Gasteiger partial charge >= 0.3 is 0 Å². The van der Waals surface area contributed by atoms with Crippen molar-refractivity contribution in [2.75, 3.05) is 33.4 Å². The van der Waals surface area contributed by atoms with Crippen LogP contribution in [0.1, 0.15) is 5.76 Å². The number of para-hydroxylation sites is 1. The fourth-order valence-corrected chi connectivity index (χ4v) is 2.14. The fraction of sp³-hybridized carbons (Fsp3) is 0.412. The molecule has 1 aromatic heterocycles. The maximum atomic E-state index is 10.2. The molecule has 1 N–H and O–H groups in total. The van der Waals surface area contributed by atoms with Crippen molar-refractivity contribution in [2.24, 2.45) is 0 Å². The van der Waals surface area contributed by atoms with Gasteiger partial charge in [0.05, 0.1) is 19.4 Å². The molecule has 2 aromatic rings. The molecule has 0 saturated heterocycles. The Morgan fingerprint density at radius 2 is 2.00 bits per heavy atom. The Morgan fingerprint density at radius 3 is 2.68 bits per heavy atom. The second kappa shape index (κ2) is 9.25. The first-order valence-electron chi connectivity index (χ1n) is 7.37. The first-order valence-corrected chi connectivity index (χ1v) is 7.37. The van der Waals surface area contributed by atoms with Gasteiger partial charge in [0.15, 0.2) is 0 Å². The molecule has 0 radical (unpaired) electrons. The lowest BCUT2D eigenvalue weighted by atomic mass is 10.3. The van der Waals surface area contributed by atoms with E-state index in [1.807, 2.05) is 42.5 Å². The van der Waals surface area contributed by atoms with E-state index >= 15 is 0 Å². The normalized spacial score (nSPS) is 12.5. The molecule has 0 aliphatic rings. The van der Waals surface area contributed by atoms with Crippen LogP contribution in [0.15, 0.2) is 53.1 Å². The van der Waals surface area contributed by atoms with Gasteiger partial charge in [0.25, 0.3) is 0 Å². The average molecular weight is 305 g/mol.